The van der Waals surface area contributed by atoms with Crippen molar-refractivity contribution >= 4 is 28.1 Å². The van der Waals surface area contributed by atoms with Crippen molar-refractivity contribution in [3.63, 3.8) is 0 Å². The summed E-state index contributed by atoms with van der Waals surface area (Å²) < 4.78 is 11.6. The Hall–Kier alpha value is -4.15. The highest BCUT2D eigenvalue weighted by atomic mass is 79.9. The molecule has 0 aliphatic rings. The Kier molecular flexibility index (Phi) is 7.57. The van der Waals surface area contributed by atoms with Gasteiger partial charge in [-0.15, -0.1) is 0 Å². The van der Waals surface area contributed by atoms with Gasteiger partial charge in [-0.05, 0) is 35.0 Å². The molecule has 1 aromatic heterocycles. The molecule has 0 radical (unpaired) electrons. The lowest BCUT2D eigenvalue weighted by Crippen LogP contribution is -2.16. The normalized spacial score (nSPS) is 10.4. The van der Waals surface area contributed by atoms with Gasteiger partial charge in [-0.2, -0.15) is 15.6 Å². The van der Waals surface area contributed by atoms with Crippen LogP contribution in [0.3, 0.4) is 0 Å². The Morgan fingerprint density at radius 1 is 1.22 bits per heavy atom. The zero-order valence-corrected chi connectivity index (χ0v) is 18.5. The van der Waals surface area contributed by atoms with E-state index in [2.05, 4.69) is 36.4 Å². The van der Waals surface area contributed by atoms with Gasteiger partial charge in [0.15, 0.2) is 18.1 Å². The predicted octanol–water partition coefficient (Wildman–Crippen LogP) is 3.82. The van der Waals surface area contributed by atoms with Gasteiger partial charge >= 0.3 is 0 Å². The summed E-state index contributed by atoms with van der Waals surface area (Å²) in [5.74, 6) is 0.971. The Bertz CT molecular complexity index is 1280. The maximum atomic E-state index is 12.3. The van der Waals surface area contributed by atoms with Gasteiger partial charge in [-0.3, -0.25) is 9.78 Å². The Balaban J connectivity index is 1.88. The highest BCUT2D eigenvalue weighted by molar-refractivity contribution is 9.10. The van der Waals surface area contributed by atoms with Gasteiger partial charge < -0.3 is 9.47 Å². The van der Waals surface area contributed by atoms with Crippen molar-refractivity contribution in [2.45, 2.75) is 6.92 Å². The number of aromatic nitrogens is 2. The number of benzene rings is 2. The van der Waals surface area contributed by atoms with Crippen molar-refractivity contribution < 1.29 is 9.47 Å². The summed E-state index contributed by atoms with van der Waals surface area (Å²) in [6, 6.07) is 16.1. The molecule has 0 unspecified atom stereocenters. The molecule has 32 heavy (non-hydrogen) atoms. The van der Waals surface area contributed by atoms with Crippen LogP contribution < -0.4 is 20.5 Å². The molecule has 0 saturated carbocycles. The van der Waals surface area contributed by atoms with Crippen LogP contribution in [0, 0.1) is 22.7 Å². The molecule has 0 amide bonds. The number of hydrogen-bond donors (Lipinski definition) is 2. The third-order valence-electron chi connectivity index (χ3n) is 4.11. The summed E-state index contributed by atoms with van der Waals surface area (Å²) in [6.45, 7) is 2.14. The second-order valence-corrected chi connectivity index (χ2v) is 7.04. The van der Waals surface area contributed by atoms with Gasteiger partial charge in [0.2, 0.25) is 5.95 Å². The van der Waals surface area contributed by atoms with Gasteiger partial charge in [0.05, 0.1) is 18.5 Å². The maximum Gasteiger partial charge on any atom is 0.270 e. The third kappa shape index (κ3) is 5.31. The van der Waals surface area contributed by atoms with Crippen LogP contribution in [-0.2, 0) is 0 Å². The number of H-pyrrole nitrogens is 1. The first-order valence-electron chi connectivity index (χ1n) is 9.42. The van der Waals surface area contributed by atoms with Crippen LogP contribution in [0.4, 0.5) is 5.95 Å². The van der Waals surface area contributed by atoms with E-state index in [1.807, 2.05) is 25.1 Å². The van der Waals surface area contributed by atoms with E-state index >= 15 is 0 Å². The summed E-state index contributed by atoms with van der Waals surface area (Å²) in [5, 5.41) is 22.2. The van der Waals surface area contributed by atoms with E-state index in [4.69, 9.17) is 14.7 Å². The molecule has 0 saturated heterocycles. The van der Waals surface area contributed by atoms with Crippen molar-refractivity contribution in [2.75, 3.05) is 18.6 Å². The number of halogens is 1. The second-order valence-electron chi connectivity index (χ2n) is 6.19. The molecule has 9 nitrogen and oxygen atoms in total. The van der Waals surface area contributed by atoms with Crippen LogP contribution in [0.1, 0.15) is 18.1 Å². The molecule has 3 rings (SSSR count). The number of nitrogens with zero attached hydrogens (tertiary/aromatic N) is 4. The Morgan fingerprint density at radius 3 is 2.66 bits per heavy atom. The van der Waals surface area contributed by atoms with Crippen LogP contribution in [0.25, 0.3) is 11.3 Å². The molecule has 2 N–H and O–H groups in total. The molecule has 0 aliphatic heterocycles. The number of hydrazone groups is 1. The average molecular weight is 493 g/mol. The van der Waals surface area contributed by atoms with Crippen molar-refractivity contribution in [1.82, 2.24) is 9.97 Å². The van der Waals surface area contributed by atoms with E-state index in [9.17, 15) is 10.1 Å². The lowest BCUT2D eigenvalue weighted by molar-refractivity contribution is 0.298. The maximum absolute atomic E-state index is 12.3. The lowest BCUT2D eigenvalue weighted by Gasteiger charge is -2.12. The van der Waals surface area contributed by atoms with E-state index in [0.717, 1.165) is 0 Å². The van der Waals surface area contributed by atoms with Crippen molar-refractivity contribution in [1.29, 1.82) is 10.5 Å². The molecule has 1 heterocycles. The molecule has 0 spiro atoms. The standard InChI is InChI=1S/C22H17BrN6O3/c1-2-31-18-10-15(17(23)11-19(18)32-9-8-24)13-26-29-22-27-20(14-6-4-3-5-7-14)16(12-25)21(30)28-22/h3-7,10-11,13H,2,9H2,1H3,(H2,27,28,29,30). The number of anilines is 1. The quantitative estimate of drug-likeness (QED) is 0.360. The van der Waals surface area contributed by atoms with Crippen molar-refractivity contribution in [2.24, 2.45) is 5.10 Å². The minimum Gasteiger partial charge on any atom is -0.490 e. The fraction of sp³-hybridized carbons (Fsp3) is 0.136. The number of aromatic amines is 1. The molecule has 0 bridgehead atoms. The van der Waals surface area contributed by atoms with E-state index in [0.29, 0.717) is 33.7 Å². The van der Waals surface area contributed by atoms with Gasteiger partial charge in [-0.1, -0.05) is 30.3 Å². The zero-order chi connectivity index (χ0) is 22.9. The zero-order valence-electron chi connectivity index (χ0n) is 16.9. The van der Waals surface area contributed by atoms with Crippen LogP contribution in [0.15, 0.2) is 56.8 Å². The summed E-state index contributed by atoms with van der Waals surface area (Å²) in [5.41, 5.74) is 3.58. The van der Waals surface area contributed by atoms with Crippen LogP contribution in [0.5, 0.6) is 11.5 Å². The van der Waals surface area contributed by atoms with Crippen molar-refractivity contribution in [3.05, 3.63) is 68.4 Å². The second kappa shape index (κ2) is 10.8. The van der Waals surface area contributed by atoms with Crippen LogP contribution in [0.2, 0.25) is 0 Å². The molecular formula is C22H17BrN6O3. The summed E-state index contributed by atoms with van der Waals surface area (Å²) in [6.07, 6.45) is 1.50. The lowest BCUT2D eigenvalue weighted by atomic mass is 10.1. The molecular weight excluding hydrogens is 476 g/mol. The van der Waals surface area contributed by atoms with Gasteiger partial charge in [0, 0.05) is 15.6 Å². The molecule has 10 heteroatoms. The largest absolute Gasteiger partial charge is 0.490 e. The summed E-state index contributed by atoms with van der Waals surface area (Å²) >= 11 is 3.44. The van der Waals surface area contributed by atoms with E-state index in [1.54, 1.807) is 36.4 Å². The van der Waals surface area contributed by atoms with E-state index in [-0.39, 0.29) is 23.8 Å². The Morgan fingerprint density at radius 2 is 1.97 bits per heavy atom. The number of rotatable bonds is 8. The summed E-state index contributed by atoms with van der Waals surface area (Å²) in [7, 11) is 0. The average Bonchev–Trinajstić information content (AvgIpc) is 2.80. The highest BCUT2D eigenvalue weighted by Gasteiger charge is 2.13. The van der Waals surface area contributed by atoms with Gasteiger partial charge in [0.1, 0.15) is 17.7 Å². The highest BCUT2D eigenvalue weighted by Crippen LogP contribution is 2.33. The number of nitriles is 2. The number of ether oxygens (including phenoxy) is 2. The minimum atomic E-state index is -0.571. The number of hydrogen-bond acceptors (Lipinski definition) is 8. The molecule has 2 aromatic carbocycles. The van der Waals surface area contributed by atoms with E-state index in [1.165, 1.54) is 6.21 Å². The first-order valence-corrected chi connectivity index (χ1v) is 10.2. The first kappa shape index (κ1) is 22.5. The van der Waals surface area contributed by atoms with E-state index < -0.39 is 5.56 Å². The minimum absolute atomic E-state index is 0.0808. The predicted molar refractivity (Wildman–Crippen MR) is 123 cm³/mol. The molecule has 3 aromatic rings. The van der Waals surface area contributed by atoms with Gasteiger partial charge in [-0.25, -0.2) is 10.4 Å². The molecule has 160 valence electrons. The fourth-order valence-corrected chi connectivity index (χ4v) is 3.16. The van der Waals surface area contributed by atoms with Crippen molar-refractivity contribution in [3.8, 4) is 34.9 Å². The van der Waals surface area contributed by atoms with Crippen LogP contribution in [-0.4, -0.2) is 29.4 Å². The summed E-state index contributed by atoms with van der Waals surface area (Å²) in [4.78, 5) is 19.2. The first-order chi connectivity index (χ1) is 15.6. The smallest absolute Gasteiger partial charge is 0.270 e. The van der Waals surface area contributed by atoms with Crippen LogP contribution >= 0.6 is 15.9 Å². The fourth-order valence-electron chi connectivity index (χ4n) is 2.74. The third-order valence-corrected chi connectivity index (χ3v) is 4.79. The molecule has 0 atom stereocenters. The number of nitrogens with one attached hydrogen (secondary N) is 2. The monoisotopic (exact) mass is 492 g/mol. The van der Waals surface area contributed by atoms with Gasteiger partial charge in [0.25, 0.3) is 5.56 Å². The Labute approximate surface area is 192 Å². The SMILES string of the molecule is CCOc1cc(C=NNc2nc(-c3ccccc3)c(C#N)c(=O)[nH]2)c(Br)cc1OCC#N. The molecule has 0 aliphatic carbocycles. The molecule has 0 fully saturated rings. The topological polar surface area (TPSA) is 136 Å².